The number of anilines is 1. The van der Waals surface area contributed by atoms with E-state index < -0.39 is 12.0 Å². The second kappa shape index (κ2) is 6.99. The lowest BCUT2D eigenvalue weighted by molar-refractivity contribution is -0.144. The second-order valence-electron chi connectivity index (χ2n) is 4.14. The molecule has 104 valence electrons. The number of ether oxygens (including phenoxy) is 1. The smallest absolute Gasteiger partial charge is 0.330 e. The molecule has 0 bridgehead atoms. The van der Waals surface area contributed by atoms with Crippen LogP contribution in [0, 0.1) is 6.92 Å². The Morgan fingerprint density at radius 3 is 2.63 bits per heavy atom. The molecule has 0 spiro atoms. The highest BCUT2D eigenvalue weighted by Gasteiger charge is 2.19. The van der Waals surface area contributed by atoms with Gasteiger partial charge in [-0.15, -0.1) is 0 Å². The van der Waals surface area contributed by atoms with E-state index >= 15 is 0 Å². The van der Waals surface area contributed by atoms with Gasteiger partial charge in [-0.3, -0.25) is 4.79 Å². The van der Waals surface area contributed by atoms with Crippen LogP contribution in [0.1, 0.15) is 12.5 Å². The van der Waals surface area contributed by atoms with Crippen molar-refractivity contribution in [2.75, 3.05) is 19.0 Å². The molecule has 1 amide bonds. The van der Waals surface area contributed by atoms with Gasteiger partial charge in [0.15, 0.2) is 0 Å². The number of hydrogen-bond acceptors (Lipinski definition) is 4. The summed E-state index contributed by atoms with van der Waals surface area (Å²) in [6.07, 6.45) is 0. The third-order valence-corrected chi connectivity index (χ3v) is 2.80. The van der Waals surface area contributed by atoms with Crippen LogP contribution in [0.25, 0.3) is 0 Å². The summed E-state index contributed by atoms with van der Waals surface area (Å²) < 4.78 is 4.62. The van der Waals surface area contributed by atoms with Gasteiger partial charge in [-0.1, -0.05) is 17.7 Å². The molecule has 0 fully saturated rings. The Labute approximate surface area is 117 Å². The number of hydrogen-bond donors (Lipinski definition) is 2. The first-order chi connectivity index (χ1) is 8.93. The molecule has 2 N–H and O–H groups in total. The zero-order chi connectivity index (χ0) is 14.4. The van der Waals surface area contributed by atoms with Gasteiger partial charge in [0, 0.05) is 13.5 Å². The predicted molar refractivity (Wildman–Crippen MR) is 74.3 cm³/mol. The molecule has 0 aromatic heterocycles. The zero-order valence-electron chi connectivity index (χ0n) is 11.1. The first kappa shape index (κ1) is 15.3. The van der Waals surface area contributed by atoms with Crippen molar-refractivity contribution in [1.29, 1.82) is 0 Å². The lowest BCUT2D eigenvalue weighted by atomic mass is 10.2. The third-order valence-electron chi connectivity index (χ3n) is 2.48. The largest absolute Gasteiger partial charge is 0.467 e. The SMILES string of the molecule is COC(=O)C(CNc1ccc(C)cc1Cl)NC(C)=O. The van der Waals surface area contributed by atoms with Crippen molar-refractivity contribution in [2.24, 2.45) is 0 Å². The molecule has 0 aliphatic rings. The maximum atomic E-state index is 11.5. The van der Waals surface area contributed by atoms with E-state index in [2.05, 4.69) is 15.4 Å². The van der Waals surface area contributed by atoms with Crippen LogP contribution in [0.4, 0.5) is 5.69 Å². The minimum Gasteiger partial charge on any atom is -0.467 e. The Hall–Kier alpha value is -1.75. The van der Waals surface area contributed by atoms with Gasteiger partial charge < -0.3 is 15.4 Å². The topological polar surface area (TPSA) is 67.4 Å². The average molecular weight is 285 g/mol. The van der Waals surface area contributed by atoms with E-state index in [1.54, 1.807) is 0 Å². The monoisotopic (exact) mass is 284 g/mol. The van der Waals surface area contributed by atoms with Crippen molar-refractivity contribution in [3.05, 3.63) is 28.8 Å². The Balaban J connectivity index is 2.70. The van der Waals surface area contributed by atoms with Crippen LogP contribution < -0.4 is 10.6 Å². The molecule has 1 atom stereocenters. The molecule has 0 heterocycles. The maximum Gasteiger partial charge on any atom is 0.330 e. The van der Waals surface area contributed by atoms with Crippen LogP contribution in [-0.4, -0.2) is 31.6 Å². The predicted octanol–water partition coefficient (Wildman–Crippen LogP) is 1.74. The van der Waals surface area contributed by atoms with Crippen molar-refractivity contribution >= 4 is 29.2 Å². The number of benzene rings is 1. The molecule has 0 saturated carbocycles. The van der Waals surface area contributed by atoms with E-state index in [0.29, 0.717) is 10.7 Å². The zero-order valence-corrected chi connectivity index (χ0v) is 11.9. The summed E-state index contributed by atoms with van der Waals surface area (Å²) >= 11 is 6.07. The molecule has 1 rings (SSSR count). The highest BCUT2D eigenvalue weighted by atomic mass is 35.5. The number of aryl methyl sites for hydroxylation is 1. The minimum absolute atomic E-state index is 0.203. The normalized spacial score (nSPS) is 11.6. The summed E-state index contributed by atoms with van der Waals surface area (Å²) in [5.41, 5.74) is 1.74. The summed E-state index contributed by atoms with van der Waals surface area (Å²) in [6.45, 7) is 3.48. The molecular weight excluding hydrogens is 268 g/mol. The number of esters is 1. The molecule has 0 aliphatic carbocycles. The fraction of sp³-hybridized carbons (Fsp3) is 0.385. The Morgan fingerprint density at radius 2 is 2.11 bits per heavy atom. The summed E-state index contributed by atoms with van der Waals surface area (Å²) in [4.78, 5) is 22.5. The van der Waals surface area contributed by atoms with Gasteiger partial charge in [-0.05, 0) is 24.6 Å². The van der Waals surface area contributed by atoms with E-state index in [1.165, 1.54) is 14.0 Å². The van der Waals surface area contributed by atoms with Crippen LogP contribution in [-0.2, 0) is 14.3 Å². The molecule has 1 aromatic rings. The molecule has 5 nitrogen and oxygen atoms in total. The number of carbonyl (C=O) groups excluding carboxylic acids is 2. The third kappa shape index (κ3) is 4.79. The quantitative estimate of drug-likeness (QED) is 0.808. The van der Waals surface area contributed by atoms with E-state index in [4.69, 9.17) is 11.6 Å². The molecule has 1 unspecified atom stereocenters. The highest BCUT2D eigenvalue weighted by Crippen LogP contribution is 2.22. The lowest BCUT2D eigenvalue weighted by Crippen LogP contribution is -2.45. The summed E-state index contributed by atoms with van der Waals surface area (Å²) in [7, 11) is 1.27. The Kier molecular flexibility index (Phi) is 5.63. The van der Waals surface area contributed by atoms with E-state index in [-0.39, 0.29) is 12.5 Å². The Morgan fingerprint density at radius 1 is 1.42 bits per heavy atom. The lowest BCUT2D eigenvalue weighted by Gasteiger charge is -2.17. The molecule has 19 heavy (non-hydrogen) atoms. The van der Waals surface area contributed by atoms with Gasteiger partial charge in [-0.2, -0.15) is 0 Å². The fourth-order valence-electron chi connectivity index (χ4n) is 1.56. The van der Waals surface area contributed by atoms with Gasteiger partial charge in [0.05, 0.1) is 17.8 Å². The van der Waals surface area contributed by atoms with Gasteiger partial charge in [0.1, 0.15) is 6.04 Å². The molecule has 0 aliphatic heterocycles. The molecule has 1 aromatic carbocycles. The van der Waals surface area contributed by atoms with E-state index in [0.717, 1.165) is 5.56 Å². The number of nitrogens with one attached hydrogen (secondary N) is 2. The van der Waals surface area contributed by atoms with Crippen LogP contribution in [0.15, 0.2) is 18.2 Å². The van der Waals surface area contributed by atoms with Gasteiger partial charge >= 0.3 is 5.97 Å². The minimum atomic E-state index is -0.750. The van der Waals surface area contributed by atoms with Crippen molar-refractivity contribution in [3.8, 4) is 0 Å². The van der Waals surface area contributed by atoms with Crippen LogP contribution in [0.3, 0.4) is 0 Å². The van der Waals surface area contributed by atoms with Crippen LogP contribution >= 0.6 is 11.6 Å². The van der Waals surface area contributed by atoms with Gasteiger partial charge in [-0.25, -0.2) is 4.79 Å². The molecule has 0 saturated heterocycles. The summed E-state index contributed by atoms with van der Waals surface area (Å²) in [5, 5.41) is 6.09. The van der Waals surface area contributed by atoms with Crippen LogP contribution in [0.5, 0.6) is 0 Å². The number of rotatable bonds is 5. The van der Waals surface area contributed by atoms with Gasteiger partial charge in [0.25, 0.3) is 0 Å². The Bertz CT molecular complexity index is 477. The second-order valence-corrected chi connectivity index (χ2v) is 4.55. The van der Waals surface area contributed by atoms with Crippen molar-refractivity contribution in [1.82, 2.24) is 5.32 Å². The summed E-state index contributed by atoms with van der Waals surface area (Å²) in [5.74, 6) is -0.807. The molecule has 6 heteroatoms. The summed E-state index contributed by atoms with van der Waals surface area (Å²) in [6, 6.07) is 4.79. The van der Waals surface area contributed by atoms with Crippen molar-refractivity contribution in [2.45, 2.75) is 19.9 Å². The van der Waals surface area contributed by atoms with Crippen LogP contribution in [0.2, 0.25) is 5.02 Å². The number of methoxy groups -OCH3 is 1. The van der Waals surface area contributed by atoms with Gasteiger partial charge in [0.2, 0.25) is 5.91 Å². The fourth-order valence-corrected chi connectivity index (χ4v) is 1.86. The standard InChI is InChI=1S/C13H17ClN2O3/c1-8-4-5-11(10(14)6-8)15-7-12(13(18)19-3)16-9(2)17/h4-6,12,15H,7H2,1-3H3,(H,16,17). The first-order valence-corrected chi connectivity index (χ1v) is 6.16. The van der Waals surface area contributed by atoms with E-state index in [1.807, 2.05) is 25.1 Å². The molecular formula is C13H17ClN2O3. The van der Waals surface area contributed by atoms with E-state index in [9.17, 15) is 9.59 Å². The van der Waals surface area contributed by atoms with Crippen molar-refractivity contribution in [3.63, 3.8) is 0 Å². The first-order valence-electron chi connectivity index (χ1n) is 5.79. The highest BCUT2D eigenvalue weighted by molar-refractivity contribution is 6.33. The number of amides is 1. The maximum absolute atomic E-state index is 11.5. The number of carbonyl (C=O) groups is 2. The number of halogens is 1. The average Bonchev–Trinajstić information content (AvgIpc) is 2.34. The van der Waals surface area contributed by atoms with Crippen molar-refractivity contribution < 1.29 is 14.3 Å². The molecule has 0 radical (unpaired) electrons.